The highest BCUT2D eigenvalue weighted by atomic mass is 16.5. The van der Waals surface area contributed by atoms with Crippen LogP contribution in [0.2, 0.25) is 0 Å². The Balaban J connectivity index is 4.05. The summed E-state index contributed by atoms with van der Waals surface area (Å²) in [5, 5.41) is 17.3. The van der Waals surface area contributed by atoms with Crippen molar-refractivity contribution in [3.63, 3.8) is 0 Å². The van der Waals surface area contributed by atoms with Gasteiger partial charge in [0.25, 0.3) is 0 Å². The Morgan fingerprint density at radius 3 is 2.12 bits per heavy atom. The van der Waals surface area contributed by atoms with E-state index in [1.807, 2.05) is 0 Å². The zero-order chi connectivity index (χ0) is 18.0. The number of carbonyl (C=O) groups is 2. The van der Waals surface area contributed by atoms with Gasteiger partial charge < -0.3 is 19.8 Å². The van der Waals surface area contributed by atoms with Gasteiger partial charge in [0.1, 0.15) is 0 Å². The fourth-order valence-corrected chi connectivity index (χ4v) is 2.36. The van der Waals surface area contributed by atoms with Crippen molar-refractivity contribution in [2.24, 2.45) is 0 Å². The van der Waals surface area contributed by atoms with Gasteiger partial charge in [0.15, 0.2) is 0 Å². The molecule has 2 N–H and O–H groups in total. The minimum atomic E-state index is -1.13. The second-order valence-electron chi connectivity index (χ2n) is 5.81. The summed E-state index contributed by atoms with van der Waals surface area (Å²) in [4.78, 5) is 24.1. The molecule has 0 saturated carbocycles. The third-order valence-corrected chi connectivity index (χ3v) is 3.70. The first-order chi connectivity index (χ1) is 11.6. The lowest BCUT2D eigenvalue weighted by Gasteiger charge is -2.21. The van der Waals surface area contributed by atoms with Crippen molar-refractivity contribution in [2.75, 3.05) is 32.9 Å². The molecule has 24 heavy (non-hydrogen) atoms. The maximum atomic E-state index is 12.0. The van der Waals surface area contributed by atoms with Gasteiger partial charge in [-0.3, -0.25) is 4.79 Å². The number of nitrogens with zero attached hydrogens (tertiary/aromatic N) is 1. The van der Waals surface area contributed by atoms with Crippen molar-refractivity contribution in [3.8, 4) is 0 Å². The van der Waals surface area contributed by atoms with Gasteiger partial charge in [-0.25, -0.2) is 4.79 Å². The van der Waals surface area contributed by atoms with Crippen LogP contribution in [0.25, 0.3) is 0 Å². The van der Waals surface area contributed by atoms with Gasteiger partial charge >= 0.3 is 5.97 Å². The lowest BCUT2D eigenvalue weighted by molar-refractivity contribution is -0.132. The molecular formula is C18H33NO5. The molecule has 1 amide bonds. The summed E-state index contributed by atoms with van der Waals surface area (Å²) in [5.41, 5.74) is 0. The molecule has 0 bridgehead atoms. The Labute approximate surface area is 145 Å². The molecule has 0 fully saturated rings. The van der Waals surface area contributed by atoms with Gasteiger partial charge in [0, 0.05) is 25.2 Å². The topological polar surface area (TPSA) is 87.1 Å². The summed E-state index contributed by atoms with van der Waals surface area (Å²) >= 11 is 0. The third kappa shape index (κ3) is 14.2. The van der Waals surface area contributed by atoms with Crippen molar-refractivity contribution in [3.05, 3.63) is 12.2 Å². The Morgan fingerprint density at radius 1 is 0.917 bits per heavy atom. The number of amides is 1. The van der Waals surface area contributed by atoms with Crippen LogP contribution in [-0.2, 0) is 14.3 Å². The summed E-state index contributed by atoms with van der Waals surface area (Å²) < 4.78 is 5.19. The number of rotatable bonds is 16. The minimum absolute atomic E-state index is 0.0507. The van der Waals surface area contributed by atoms with Gasteiger partial charge in [-0.1, -0.05) is 51.9 Å². The Morgan fingerprint density at radius 2 is 1.54 bits per heavy atom. The molecule has 6 heteroatoms. The number of aliphatic carboxylic acids is 1. The van der Waals surface area contributed by atoms with Crippen molar-refractivity contribution < 1.29 is 24.5 Å². The summed E-state index contributed by atoms with van der Waals surface area (Å²) in [6.07, 6.45) is 11.4. The van der Waals surface area contributed by atoms with Crippen LogP contribution in [0.5, 0.6) is 0 Å². The first kappa shape index (κ1) is 22.6. The third-order valence-electron chi connectivity index (χ3n) is 3.70. The lowest BCUT2D eigenvalue weighted by atomic mass is 10.1. The number of carboxylic acid groups (broad SMARTS) is 1. The Hall–Kier alpha value is -1.40. The maximum Gasteiger partial charge on any atom is 0.328 e. The molecular weight excluding hydrogens is 310 g/mol. The lowest BCUT2D eigenvalue weighted by Crippen LogP contribution is -2.34. The molecule has 0 aliphatic carbocycles. The maximum absolute atomic E-state index is 12.0. The fraction of sp³-hybridized carbons (Fsp3) is 0.778. The molecule has 0 heterocycles. The van der Waals surface area contributed by atoms with E-state index in [4.69, 9.17) is 14.9 Å². The van der Waals surface area contributed by atoms with E-state index in [1.54, 1.807) is 4.90 Å². The van der Waals surface area contributed by atoms with Crippen molar-refractivity contribution >= 4 is 11.9 Å². The van der Waals surface area contributed by atoms with Crippen LogP contribution >= 0.6 is 0 Å². The second kappa shape index (κ2) is 16.5. The van der Waals surface area contributed by atoms with E-state index < -0.39 is 5.97 Å². The number of carbonyl (C=O) groups excluding carboxylic acids is 1. The van der Waals surface area contributed by atoms with Crippen LogP contribution in [0.3, 0.4) is 0 Å². The van der Waals surface area contributed by atoms with Crippen LogP contribution < -0.4 is 0 Å². The number of ether oxygens (including phenoxy) is 1. The zero-order valence-electron chi connectivity index (χ0n) is 14.9. The second-order valence-corrected chi connectivity index (χ2v) is 5.81. The van der Waals surface area contributed by atoms with E-state index in [-0.39, 0.29) is 19.1 Å². The van der Waals surface area contributed by atoms with E-state index in [9.17, 15) is 9.59 Å². The van der Waals surface area contributed by atoms with Crippen molar-refractivity contribution in [2.45, 2.75) is 58.3 Å². The van der Waals surface area contributed by atoms with Crippen LogP contribution in [0.1, 0.15) is 58.3 Å². The molecule has 0 rings (SSSR count). The molecule has 0 aromatic heterocycles. The number of carboxylic acids is 1. The first-order valence-electron chi connectivity index (χ1n) is 9.00. The molecule has 0 saturated heterocycles. The average Bonchev–Trinajstić information content (AvgIpc) is 2.56. The SMILES string of the molecule is CCCCCCCCCCN(CCOCCO)C(=O)C=CC(=O)O. The van der Waals surface area contributed by atoms with E-state index in [1.165, 1.54) is 32.1 Å². The smallest absolute Gasteiger partial charge is 0.328 e. The normalized spacial score (nSPS) is 11.1. The highest BCUT2D eigenvalue weighted by molar-refractivity contribution is 5.93. The van der Waals surface area contributed by atoms with Crippen LogP contribution in [0, 0.1) is 0 Å². The van der Waals surface area contributed by atoms with E-state index in [0.29, 0.717) is 19.7 Å². The highest BCUT2D eigenvalue weighted by Crippen LogP contribution is 2.09. The van der Waals surface area contributed by atoms with Crippen LogP contribution in [-0.4, -0.2) is 59.9 Å². The summed E-state index contributed by atoms with van der Waals surface area (Å²) in [5.74, 6) is -1.44. The molecule has 0 aliphatic rings. The highest BCUT2D eigenvalue weighted by Gasteiger charge is 2.10. The number of aliphatic hydroxyl groups is 1. The molecule has 0 spiro atoms. The summed E-state index contributed by atoms with van der Waals surface area (Å²) in [6.45, 7) is 3.73. The van der Waals surface area contributed by atoms with E-state index in [2.05, 4.69) is 6.92 Å². The molecule has 0 aliphatic heterocycles. The molecule has 0 unspecified atom stereocenters. The van der Waals surface area contributed by atoms with Gasteiger partial charge in [-0.2, -0.15) is 0 Å². The molecule has 0 radical (unpaired) electrons. The van der Waals surface area contributed by atoms with E-state index in [0.717, 1.165) is 31.4 Å². The van der Waals surface area contributed by atoms with Crippen molar-refractivity contribution in [1.82, 2.24) is 4.90 Å². The first-order valence-corrected chi connectivity index (χ1v) is 9.00. The summed E-state index contributed by atoms with van der Waals surface area (Å²) in [7, 11) is 0. The van der Waals surface area contributed by atoms with Gasteiger partial charge in [-0.15, -0.1) is 0 Å². The number of unbranched alkanes of at least 4 members (excludes halogenated alkanes) is 7. The monoisotopic (exact) mass is 343 g/mol. The van der Waals surface area contributed by atoms with Gasteiger partial charge in [0.2, 0.25) is 5.91 Å². The molecule has 0 aromatic carbocycles. The molecule has 6 nitrogen and oxygen atoms in total. The largest absolute Gasteiger partial charge is 0.478 e. The fourth-order valence-electron chi connectivity index (χ4n) is 2.36. The Kier molecular flexibility index (Phi) is 15.5. The van der Waals surface area contributed by atoms with E-state index >= 15 is 0 Å². The molecule has 140 valence electrons. The molecule has 0 aromatic rings. The quantitative estimate of drug-likeness (QED) is 0.332. The molecule has 0 atom stereocenters. The number of hydrogen-bond acceptors (Lipinski definition) is 4. The number of hydrogen-bond donors (Lipinski definition) is 2. The van der Waals surface area contributed by atoms with Gasteiger partial charge in [0.05, 0.1) is 19.8 Å². The zero-order valence-corrected chi connectivity index (χ0v) is 14.9. The summed E-state index contributed by atoms with van der Waals surface area (Å²) in [6, 6.07) is 0. The standard InChI is InChI=1S/C18H33NO5/c1-2-3-4-5-6-7-8-9-12-19(13-15-24-16-14-20)17(21)10-11-18(22)23/h10-11,20H,2-9,12-16H2,1H3,(H,22,23). The Bertz CT molecular complexity index is 357. The number of aliphatic hydroxyl groups excluding tert-OH is 1. The van der Waals surface area contributed by atoms with Gasteiger partial charge in [-0.05, 0) is 6.42 Å². The van der Waals surface area contributed by atoms with Crippen molar-refractivity contribution in [1.29, 1.82) is 0 Å². The minimum Gasteiger partial charge on any atom is -0.478 e. The van der Waals surface area contributed by atoms with Crippen LogP contribution in [0.15, 0.2) is 12.2 Å². The predicted octanol–water partition coefficient (Wildman–Crippen LogP) is 2.61. The predicted molar refractivity (Wildman–Crippen MR) is 93.9 cm³/mol. The van der Waals surface area contributed by atoms with Crippen LogP contribution in [0.4, 0.5) is 0 Å². The average molecular weight is 343 g/mol.